The van der Waals surface area contributed by atoms with Crippen molar-refractivity contribution in [2.45, 2.75) is 37.0 Å². The number of esters is 1. The van der Waals surface area contributed by atoms with Crippen LogP contribution in [0.1, 0.15) is 37.3 Å². The Balaban J connectivity index is 1.87. The Morgan fingerprint density at radius 3 is 2.14 bits per heavy atom. The Labute approximate surface area is 129 Å². The first-order chi connectivity index (χ1) is 10.5. The maximum absolute atomic E-state index is 12.1. The number of primary amides is 1. The predicted molar refractivity (Wildman–Crippen MR) is 80.3 cm³/mol. The van der Waals surface area contributed by atoms with Gasteiger partial charge in [-0.15, -0.1) is 0 Å². The summed E-state index contributed by atoms with van der Waals surface area (Å²) in [6.45, 7) is 3.07. The van der Waals surface area contributed by atoms with Crippen molar-refractivity contribution in [3.05, 3.63) is 35.4 Å². The highest BCUT2D eigenvalue weighted by atomic mass is 16.5. The fourth-order valence-electron chi connectivity index (χ4n) is 3.24. The molecule has 0 spiro atoms. The number of amides is 1. The molecule has 3 rings (SSSR count). The molecule has 1 unspecified atom stereocenters. The molecule has 2 fully saturated rings. The molecule has 5 nitrogen and oxygen atoms in total. The van der Waals surface area contributed by atoms with E-state index in [4.69, 9.17) is 15.2 Å². The first-order valence-electron chi connectivity index (χ1n) is 7.71. The van der Waals surface area contributed by atoms with Gasteiger partial charge in [-0.25, -0.2) is 0 Å². The Hall–Kier alpha value is -1.88. The minimum atomic E-state index is -0.737. The van der Waals surface area contributed by atoms with Crippen LogP contribution in [0.2, 0.25) is 0 Å². The molecule has 5 heteroatoms. The summed E-state index contributed by atoms with van der Waals surface area (Å²) in [7, 11) is 0. The van der Waals surface area contributed by atoms with Crippen LogP contribution in [0, 0.1) is 0 Å². The first-order valence-corrected chi connectivity index (χ1v) is 7.71. The average molecular weight is 303 g/mol. The lowest BCUT2D eigenvalue weighted by molar-refractivity contribution is -0.146. The lowest BCUT2D eigenvalue weighted by atomic mass is 9.78. The maximum atomic E-state index is 12.1. The largest absolute Gasteiger partial charge is 0.465 e. The van der Waals surface area contributed by atoms with Gasteiger partial charge in [-0.2, -0.15) is 0 Å². The summed E-state index contributed by atoms with van der Waals surface area (Å²) in [5.74, 6) is -0.513. The fourth-order valence-corrected chi connectivity index (χ4v) is 3.24. The van der Waals surface area contributed by atoms with E-state index in [0.29, 0.717) is 26.2 Å². The molecule has 1 aromatic carbocycles. The molecule has 1 amide bonds. The van der Waals surface area contributed by atoms with Gasteiger partial charge in [-0.3, -0.25) is 9.59 Å². The van der Waals surface area contributed by atoms with Gasteiger partial charge in [0.15, 0.2) is 0 Å². The molecule has 1 atom stereocenters. The minimum absolute atomic E-state index is 0.156. The molecule has 22 heavy (non-hydrogen) atoms. The highest BCUT2D eigenvalue weighted by Gasteiger charge is 2.53. The molecule has 1 aromatic rings. The van der Waals surface area contributed by atoms with E-state index in [-0.39, 0.29) is 11.9 Å². The molecule has 0 radical (unpaired) electrons. The van der Waals surface area contributed by atoms with E-state index in [2.05, 4.69) is 0 Å². The zero-order valence-corrected chi connectivity index (χ0v) is 12.8. The topological polar surface area (TPSA) is 78.6 Å². The third-order valence-corrected chi connectivity index (χ3v) is 4.90. The van der Waals surface area contributed by atoms with Gasteiger partial charge in [0.1, 0.15) is 0 Å². The van der Waals surface area contributed by atoms with Gasteiger partial charge in [-0.05, 0) is 37.3 Å². The van der Waals surface area contributed by atoms with Crippen molar-refractivity contribution in [1.29, 1.82) is 0 Å². The monoisotopic (exact) mass is 303 g/mol. The smallest absolute Gasteiger partial charge is 0.316 e. The highest BCUT2D eigenvalue weighted by Crippen LogP contribution is 2.49. The second-order valence-corrected chi connectivity index (χ2v) is 6.13. The van der Waals surface area contributed by atoms with E-state index in [1.165, 1.54) is 0 Å². The van der Waals surface area contributed by atoms with Gasteiger partial charge in [0, 0.05) is 6.61 Å². The van der Waals surface area contributed by atoms with Gasteiger partial charge in [-0.1, -0.05) is 24.3 Å². The number of hydrogen-bond donors (Lipinski definition) is 1. The van der Waals surface area contributed by atoms with Crippen LogP contribution < -0.4 is 5.73 Å². The molecule has 1 heterocycles. The Kier molecular flexibility index (Phi) is 3.68. The Morgan fingerprint density at radius 2 is 1.73 bits per heavy atom. The molecule has 1 aliphatic carbocycles. The van der Waals surface area contributed by atoms with E-state index in [1.807, 2.05) is 31.2 Å². The standard InChI is InChI=1S/C17H21NO4/c1-2-22-15(20)16(7-8-16)12-3-5-13(6-4-12)17(14(18)19)9-10-21-11-17/h3-6H,2,7-11H2,1H3,(H2,18,19). The zero-order chi connectivity index (χ0) is 15.8. The summed E-state index contributed by atoms with van der Waals surface area (Å²) in [5, 5.41) is 0. The van der Waals surface area contributed by atoms with Crippen molar-refractivity contribution in [3.63, 3.8) is 0 Å². The Bertz CT molecular complexity index is 583. The number of ether oxygens (including phenoxy) is 2. The van der Waals surface area contributed by atoms with Crippen molar-refractivity contribution in [1.82, 2.24) is 0 Å². The van der Waals surface area contributed by atoms with Crippen LogP contribution >= 0.6 is 0 Å². The fraction of sp³-hybridized carbons (Fsp3) is 0.529. The molecular formula is C17H21NO4. The van der Waals surface area contributed by atoms with Crippen LogP contribution in [0.25, 0.3) is 0 Å². The summed E-state index contributed by atoms with van der Waals surface area (Å²) >= 11 is 0. The molecule has 1 saturated heterocycles. The van der Waals surface area contributed by atoms with E-state index < -0.39 is 10.8 Å². The van der Waals surface area contributed by atoms with Crippen molar-refractivity contribution in [2.75, 3.05) is 19.8 Å². The predicted octanol–water partition coefficient (Wildman–Crippen LogP) is 1.42. The van der Waals surface area contributed by atoms with Gasteiger partial charge in [0.05, 0.1) is 24.0 Å². The maximum Gasteiger partial charge on any atom is 0.316 e. The summed E-state index contributed by atoms with van der Waals surface area (Å²) in [6.07, 6.45) is 2.23. The van der Waals surface area contributed by atoms with Crippen LogP contribution in [0.5, 0.6) is 0 Å². The molecule has 0 bridgehead atoms. The van der Waals surface area contributed by atoms with E-state index in [1.54, 1.807) is 0 Å². The molecule has 2 N–H and O–H groups in total. The van der Waals surface area contributed by atoms with Gasteiger partial charge in [0.2, 0.25) is 5.91 Å². The van der Waals surface area contributed by atoms with E-state index in [9.17, 15) is 9.59 Å². The Morgan fingerprint density at radius 1 is 1.14 bits per heavy atom. The number of carbonyl (C=O) groups is 2. The van der Waals surface area contributed by atoms with E-state index in [0.717, 1.165) is 24.0 Å². The quantitative estimate of drug-likeness (QED) is 0.835. The minimum Gasteiger partial charge on any atom is -0.465 e. The molecule has 0 aromatic heterocycles. The van der Waals surface area contributed by atoms with Crippen LogP contribution in [0.15, 0.2) is 24.3 Å². The third-order valence-electron chi connectivity index (χ3n) is 4.90. The SMILES string of the molecule is CCOC(=O)C1(c2ccc(C3(C(N)=O)CCOC3)cc2)CC1. The molecule has 1 aliphatic heterocycles. The second-order valence-electron chi connectivity index (χ2n) is 6.13. The summed E-state index contributed by atoms with van der Waals surface area (Å²) in [6, 6.07) is 7.63. The van der Waals surface area contributed by atoms with E-state index >= 15 is 0 Å². The zero-order valence-electron chi connectivity index (χ0n) is 12.8. The van der Waals surface area contributed by atoms with Crippen LogP contribution in [-0.4, -0.2) is 31.7 Å². The average Bonchev–Trinajstić information content (AvgIpc) is 3.18. The van der Waals surface area contributed by atoms with Crippen LogP contribution in [0.3, 0.4) is 0 Å². The number of rotatable bonds is 5. The van der Waals surface area contributed by atoms with Crippen LogP contribution in [-0.2, 0) is 29.9 Å². The number of benzene rings is 1. The number of nitrogens with two attached hydrogens (primary N) is 1. The molecular weight excluding hydrogens is 282 g/mol. The molecule has 2 aliphatic rings. The van der Waals surface area contributed by atoms with Crippen molar-refractivity contribution < 1.29 is 19.1 Å². The van der Waals surface area contributed by atoms with Crippen LogP contribution in [0.4, 0.5) is 0 Å². The lowest BCUT2D eigenvalue weighted by Crippen LogP contribution is -2.41. The van der Waals surface area contributed by atoms with Gasteiger partial charge < -0.3 is 15.2 Å². The normalized spacial score (nSPS) is 25.7. The van der Waals surface area contributed by atoms with Gasteiger partial charge in [0.25, 0.3) is 0 Å². The summed E-state index contributed by atoms with van der Waals surface area (Å²) in [5.41, 5.74) is 6.19. The molecule has 118 valence electrons. The van der Waals surface area contributed by atoms with Crippen molar-refractivity contribution in [2.24, 2.45) is 5.73 Å². The third kappa shape index (κ3) is 2.20. The highest BCUT2D eigenvalue weighted by molar-refractivity contribution is 5.88. The summed E-state index contributed by atoms with van der Waals surface area (Å²) < 4.78 is 10.6. The van der Waals surface area contributed by atoms with Gasteiger partial charge >= 0.3 is 5.97 Å². The molecule has 1 saturated carbocycles. The first kappa shape index (κ1) is 15.0. The lowest BCUT2D eigenvalue weighted by Gasteiger charge is -2.24. The second kappa shape index (κ2) is 5.39. The number of hydrogen-bond acceptors (Lipinski definition) is 4. The van der Waals surface area contributed by atoms with Crippen molar-refractivity contribution in [3.8, 4) is 0 Å². The summed E-state index contributed by atoms with van der Waals surface area (Å²) in [4.78, 5) is 24.0. The van der Waals surface area contributed by atoms with Crippen molar-refractivity contribution >= 4 is 11.9 Å². The number of carbonyl (C=O) groups excluding carboxylic acids is 2.